The monoisotopic (exact) mass is 410 g/mol. The van der Waals surface area contributed by atoms with Crippen LogP contribution in [0.5, 0.6) is 0 Å². The number of nitrogens with one attached hydrogen (secondary N) is 1. The van der Waals surface area contributed by atoms with Gasteiger partial charge in [0.25, 0.3) is 11.1 Å². The summed E-state index contributed by atoms with van der Waals surface area (Å²) in [6.45, 7) is 7.84. The van der Waals surface area contributed by atoms with Crippen LogP contribution in [0.4, 0.5) is 0 Å². The van der Waals surface area contributed by atoms with Crippen molar-refractivity contribution in [1.29, 1.82) is 0 Å². The number of aromatic amines is 1. The van der Waals surface area contributed by atoms with Crippen LogP contribution in [0.3, 0.4) is 0 Å². The molecule has 2 aliphatic rings. The van der Waals surface area contributed by atoms with Gasteiger partial charge >= 0.3 is 0 Å². The lowest BCUT2D eigenvalue weighted by Gasteiger charge is -2.39. The lowest BCUT2D eigenvalue weighted by Crippen LogP contribution is -2.38. The number of rotatable bonds is 4. The number of thioether (sulfide) groups is 1. The van der Waals surface area contributed by atoms with E-state index >= 15 is 0 Å². The first-order chi connectivity index (χ1) is 13.8. The summed E-state index contributed by atoms with van der Waals surface area (Å²) < 4.78 is 5.84. The van der Waals surface area contributed by atoms with Gasteiger partial charge < -0.3 is 14.3 Å². The third-order valence-corrected chi connectivity index (χ3v) is 7.08. The first-order valence-corrected chi connectivity index (χ1v) is 11.1. The van der Waals surface area contributed by atoms with Gasteiger partial charge in [0, 0.05) is 29.7 Å². The summed E-state index contributed by atoms with van der Waals surface area (Å²) in [5.74, 6) is 0.986. The van der Waals surface area contributed by atoms with Crippen molar-refractivity contribution in [1.82, 2.24) is 20.1 Å². The average molecular weight is 411 g/mol. The molecule has 29 heavy (non-hydrogen) atoms. The molecule has 3 heterocycles. The predicted molar refractivity (Wildman–Crippen MR) is 114 cm³/mol. The summed E-state index contributed by atoms with van der Waals surface area (Å²) >= 11 is 1.33. The van der Waals surface area contributed by atoms with E-state index in [0.717, 1.165) is 35.9 Å². The van der Waals surface area contributed by atoms with Crippen LogP contribution in [0, 0.1) is 10.8 Å². The Hall–Kier alpha value is -2.28. The fourth-order valence-corrected chi connectivity index (χ4v) is 6.23. The van der Waals surface area contributed by atoms with Crippen LogP contribution in [-0.4, -0.2) is 44.3 Å². The molecule has 2 bridgehead atoms. The second-order valence-electron chi connectivity index (χ2n) is 9.65. The Morgan fingerprint density at radius 3 is 2.97 bits per heavy atom. The Balaban J connectivity index is 1.26. The molecular formula is C22H26N4O2S. The number of carbonyl (C=O) groups excluding carboxylic acids is 1. The Labute approximate surface area is 174 Å². The summed E-state index contributed by atoms with van der Waals surface area (Å²) in [7, 11) is 0. The molecular weight excluding hydrogens is 384 g/mol. The van der Waals surface area contributed by atoms with Crippen molar-refractivity contribution < 1.29 is 9.21 Å². The van der Waals surface area contributed by atoms with Crippen molar-refractivity contribution in [3.05, 3.63) is 30.5 Å². The molecule has 0 spiro atoms. The highest BCUT2D eigenvalue weighted by Gasteiger charge is 2.50. The average Bonchev–Trinajstić information content (AvgIpc) is 3.34. The number of nitrogens with zero attached hydrogens (tertiary/aromatic N) is 3. The van der Waals surface area contributed by atoms with Crippen molar-refractivity contribution >= 4 is 28.6 Å². The zero-order valence-electron chi connectivity index (χ0n) is 17.1. The van der Waals surface area contributed by atoms with Gasteiger partial charge in [0.2, 0.25) is 5.91 Å². The van der Waals surface area contributed by atoms with Gasteiger partial charge in [0.1, 0.15) is 0 Å². The summed E-state index contributed by atoms with van der Waals surface area (Å²) in [6, 6.07) is 8.37. The molecule has 1 saturated heterocycles. The predicted octanol–water partition coefficient (Wildman–Crippen LogP) is 4.74. The van der Waals surface area contributed by atoms with E-state index < -0.39 is 0 Å². The van der Waals surface area contributed by atoms with Gasteiger partial charge in [-0.05, 0) is 36.2 Å². The highest BCUT2D eigenvalue weighted by molar-refractivity contribution is 7.99. The SMILES string of the molecule is CC1(C)C[C@@H]2C[C@@](C)(CN2C(=O)CSc2nnc(-c3c[nH]c4ccccc34)o2)C1. The fourth-order valence-electron chi connectivity index (χ4n) is 5.58. The number of carbonyl (C=O) groups is 1. The molecule has 152 valence electrons. The van der Waals surface area contributed by atoms with E-state index in [1.807, 2.05) is 30.5 Å². The number of amides is 1. The smallest absolute Gasteiger partial charge is 0.277 e. The van der Waals surface area contributed by atoms with Crippen LogP contribution in [0.25, 0.3) is 22.4 Å². The number of hydrogen-bond acceptors (Lipinski definition) is 5. The second kappa shape index (κ2) is 6.62. The number of benzene rings is 1. The van der Waals surface area contributed by atoms with E-state index in [9.17, 15) is 4.79 Å². The molecule has 2 aromatic heterocycles. The Bertz CT molecular complexity index is 1070. The molecule has 0 unspecified atom stereocenters. The van der Waals surface area contributed by atoms with Crippen molar-refractivity contribution in [3.8, 4) is 11.5 Å². The van der Waals surface area contributed by atoms with Gasteiger partial charge in [-0.3, -0.25) is 4.79 Å². The van der Waals surface area contributed by atoms with Crippen LogP contribution in [0.15, 0.2) is 40.1 Å². The van der Waals surface area contributed by atoms with Crippen molar-refractivity contribution in [3.63, 3.8) is 0 Å². The Morgan fingerprint density at radius 2 is 2.10 bits per heavy atom. The third kappa shape index (κ3) is 3.45. The molecule has 7 heteroatoms. The number of hydrogen-bond donors (Lipinski definition) is 1. The van der Waals surface area contributed by atoms with E-state index in [-0.39, 0.29) is 11.3 Å². The highest BCUT2D eigenvalue weighted by atomic mass is 32.2. The van der Waals surface area contributed by atoms with Crippen LogP contribution >= 0.6 is 11.8 Å². The van der Waals surface area contributed by atoms with Crippen molar-refractivity contribution in [2.24, 2.45) is 10.8 Å². The maximum absolute atomic E-state index is 12.9. The molecule has 1 aliphatic heterocycles. The zero-order valence-corrected chi connectivity index (χ0v) is 17.9. The van der Waals surface area contributed by atoms with Gasteiger partial charge in [0.05, 0.1) is 11.3 Å². The molecule has 1 amide bonds. The minimum absolute atomic E-state index is 0.174. The fraction of sp³-hybridized carbons (Fsp3) is 0.500. The normalized spacial score (nSPS) is 25.6. The van der Waals surface area contributed by atoms with E-state index in [2.05, 4.69) is 40.9 Å². The summed E-state index contributed by atoms with van der Waals surface area (Å²) in [5.41, 5.74) is 2.47. The molecule has 1 N–H and O–H groups in total. The minimum Gasteiger partial charge on any atom is -0.411 e. The largest absolute Gasteiger partial charge is 0.411 e. The quantitative estimate of drug-likeness (QED) is 0.629. The van der Waals surface area contributed by atoms with Crippen molar-refractivity contribution in [2.75, 3.05) is 12.3 Å². The first kappa shape index (κ1) is 18.7. The minimum atomic E-state index is 0.174. The molecule has 0 radical (unpaired) electrons. The van der Waals surface area contributed by atoms with Gasteiger partial charge in [-0.25, -0.2) is 0 Å². The number of H-pyrrole nitrogens is 1. The van der Waals surface area contributed by atoms with E-state index in [1.165, 1.54) is 18.2 Å². The molecule has 1 aliphatic carbocycles. The maximum atomic E-state index is 12.9. The molecule has 3 aromatic rings. The van der Waals surface area contributed by atoms with E-state index in [0.29, 0.717) is 28.3 Å². The number of aromatic nitrogens is 3. The molecule has 5 rings (SSSR count). The summed E-state index contributed by atoms with van der Waals surface area (Å²) in [4.78, 5) is 18.3. The third-order valence-electron chi connectivity index (χ3n) is 6.28. The van der Waals surface area contributed by atoms with Gasteiger partial charge in [-0.15, -0.1) is 10.2 Å². The standard InChI is InChI=1S/C22H26N4O2S/c1-21(2)8-14-9-22(3,12-21)13-26(14)18(27)11-29-20-25-24-19(28-20)16-10-23-17-7-5-4-6-15(16)17/h4-7,10,14,23H,8-9,11-13H2,1-3H3/t14-,22-/m1/s1. The van der Waals surface area contributed by atoms with Crippen LogP contribution in [-0.2, 0) is 4.79 Å². The first-order valence-electron chi connectivity index (χ1n) is 10.1. The van der Waals surface area contributed by atoms with Gasteiger partial charge in [-0.1, -0.05) is 50.7 Å². The van der Waals surface area contributed by atoms with Gasteiger partial charge in [-0.2, -0.15) is 0 Å². The van der Waals surface area contributed by atoms with E-state index in [1.54, 1.807) is 0 Å². The molecule has 2 fully saturated rings. The second-order valence-corrected chi connectivity index (χ2v) is 10.6. The molecule has 1 saturated carbocycles. The molecule has 6 nitrogen and oxygen atoms in total. The van der Waals surface area contributed by atoms with E-state index in [4.69, 9.17) is 4.42 Å². The topological polar surface area (TPSA) is 75.0 Å². The van der Waals surface area contributed by atoms with Crippen LogP contribution < -0.4 is 0 Å². The summed E-state index contributed by atoms with van der Waals surface area (Å²) in [6.07, 6.45) is 5.28. The number of fused-ring (bicyclic) bond motifs is 3. The zero-order chi connectivity index (χ0) is 20.2. The Kier molecular flexibility index (Phi) is 4.28. The van der Waals surface area contributed by atoms with Crippen LogP contribution in [0.2, 0.25) is 0 Å². The maximum Gasteiger partial charge on any atom is 0.277 e. The summed E-state index contributed by atoms with van der Waals surface area (Å²) in [5, 5.41) is 9.81. The van der Waals surface area contributed by atoms with Gasteiger partial charge in [0.15, 0.2) is 0 Å². The number of likely N-dealkylation sites (tertiary alicyclic amines) is 1. The van der Waals surface area contributed by atoms with Crippen molar-refractivity contribution in [2.45, 2.75) is 51.3 Å². The lowest BCUT2D eigenvalue weighted by molar-refractivity contribution is -0.129. The number of para-hydroxylation sites is 1. The highest BCUT2D eigenvalue weighted by Crippen LogP contribution is 2.52. The molecule has 2 atom stereocenters. The molecule has 1 aromatic carbocycles. The lowest BCUT2D eigenvalue weighted by atomic mass is 9.65. The van der Waals surface area contributed by atoms with Crippen LogP contribution in [0.1, 0.15) is 40.0 Å². The Morgan fingerprint density at radius 1 is 1.28 bits per heavy atom.